The smallest absolute Gasteiger partial charge is 0.459 e. The SMILES string of the molecule is CC(C)OC(=O)c1cc(OC(F)(F)F)cs1. The van der Waals surface area contributed by atoms with Crippen molar-refractivity contribution in [2.24, 2.45) is 0 Å². The molecule has 3 nitrogen and oxygen atoms in total. The molecule has 0 N–H and O–H groups in total. The number of carbonyl (C=O) groups excluding carboxylic acids is 1. The highest BCUT2D eigenvalue weighted by atomic mass is 32.1. The fourth-order valence-corrected chi connectivity index (χ4v) is 1.57. The standard InChI is InChI=1S/C9H9F3O3S/c1-5(2)14-8(13)7-3-6(4-16-7)15-9(10,11)12/h3-5H,1-2H3. The largest absolute Gasteiger partial charge is 0.573 e. The monoisotopic (exact) mass is 254 g/mol. The van der Waals surface area contributed by atoms with Crippen molar-refractivity contribution in [1.29, 1.82) is 0 Å². The predicted octanol–water partition coefficient (Wildman–Crippen LogP) is 3.21. The maximum Gasteiger partial charge on any atom is 0.573 e. The number of ether oxygens (including phenoxy) is 2. The van der Waals surface area contributed by atoms with Gasteiger partial charge in [0.1, 0.15) is 10.6 Å². The molecule has 16 heavy (non-hydrogen) atoms. The predicted molar refractivity (Wildman–Crippen MR) is 51.6 cm³/mol. The highest BCUT2D eigenvalue weighted by molar-refractivity contribution is 7.12. The Morgan fingerprint density at radius 1 is 1.44 bits per heavy atom. The van der Waals surface area contributed by atoms with E-state index in [1.54, 1.807) is 13.8 Å². The van der Waals surface area contributed by atoms with Gasteiger partial charge in [-0.1, -0.05) is 0 Å². The molecule has 90 valence electrons. The van der Waals surface area contributed by atoms with Crippen LogP contribution in [0.4, 0.5) is 13.2 Å². The van der Waals surface area contributed by atoms with Gasteiger partial charge in [-0.3, -0.25) is 0 Å². The minimum atomic E-state index is -4.75. The number of hydrogen-bond acceptors (Lipinski definition) is 4. The Morgan fingerprint density at radius 3 is 2.56 bits per heavy atom. The minimum absolute atomic E-state index is 0.0768. The second-order valence-corrected chi connectivity index (χ2v) is 4.06. The lowest BCUT2D eigenvalue weighted by Crippen LogP contribution is -2.16. The zero-order valence-electron chi connectivity index (χ0n) is 8.50. The number of halogens is 3. The first-order valence-electron chi connectivity index (χ1n) is 4.33. The summed E-state index contributed by atoms with van der Waals surface area (Å²) in [5, 5.41) is 1.10. The van der Waals surface area contributed by atoms with Crippen LogP contribution in [0, 0.1) is 0 Å². The van der Waals surface area contributed by atoms with E-state index in [1.165, 1.54) is 0 Å². The first kappa shape index (κ1) is 12.8. The van der Waals surface area contributed by atoms with Crippen LogP contribution in [-0.4, -0.2) is 18.4 Å². The van der Waals surface area contributed by atoms with Crippen LogP contribution in [0.3, 0.4) is 0 Å². The van der Waals surface area contributed by atoms with E-state index >= 15 is 0 Å². The normalized spacial score (nSPS) is 11.6. The molecular formula is C9H9F3O3S. The lowest BCUT2D eigenvalue weighted by atomic mass is 10.4. The summed E-state index contributed by atoms with van der Waals surface area (Å²) in [6.45, 7) is 3.30. The molecule has 0 fully saturated rings. The highest BCUT2D eigenvalue weighted by Crippen LogP contribution is 2.28. The Morgan fingerprint density at radius 2 is 2.06 bits per heavy atom. The summed E-state index contributed by atoms with van der Waals surface area (Å²) in [5.74, 6) is -1.06. The van der Waals surface area contributed by atoms with Crippen molar-refractivity contribution in [1.82, 2.24) is 0 Å². The van der Waals surface area contributed by atoms with Gasteiger partial charge in [0.25, 0.3) is 0 Å². The minimum Gasteiger partial charge on any atom is -0.459 e. The van der Waals surface area contributed by atoms with Gasteiger partial charge in [-0.25, -0.2) is 4.79 Å². The summed E-state index contributed by atoms with van der Waals surface area (Å²) < 4.78 is 43.9. The third-order valence-corrected chi connectivity index (χ3v) is 2.24. The summed E-state index contributed by atoms with van der Waals surface area (Å²) in [6.07, 6.45) is -5.07. The molecule has 0 unspecified atom stereocenters. The van der Waals surface area contributed by atoms with Crippen molar-refractivity contribution < 1.29 is 27.4 Å². The molecular weight excluding hydrogens is 245 g/mol. The quantitative estimate of drug-likeness (QED) is 0.777. The van der Waals surface area contributed by atoms with Gasteiger partial charge in [-0.05, 0) is 13.8 Å². The van der Waals surface area contributed by atoms with Gasteiger partial charge in [0.2, 0.25) is 0 Å². The molecule has 0 amide bonds. The van der Waals surface area contributed by atoms with E-state index in [9.17, 15) is 18.0 Å². The summed E-state index contributed by atoms with van der Waals surface area (Å²) in [7, 11) is 0. The summed E-state index contributed by atoms with van der Waals surface area (Å²) in [5.41, 5.74) is 0. The van der Waals surface area contributed by atoms with E-state index in [4.69, 9.17) is 4.74 Å². The average molecular weight is 254 g/mol. The fourth-order valence-electron chi connectivity index (χ4n) is 0.885. The zero-order chi connectivity index (χ0) is 12.3. The van der Waals surface area contributed by atoms with Crippen LogP contribution in [0.25, 0.3) is 0 Å². The van der Waals surface area contributed by atoms with Gasteiger partial charge in [0.15, 0.2) is 0 Å². The van der Waals surface area contributed by atoms with Crippen LogP contribution in [0.1, 0.15) is 23.5 Å². The molecule has 1 aromatic rings. The van der Waals surface area contributed by atoms with Gasteiger partial charge in [0, 0.05) is 11.4 Å². The average Bonchev–Trinajstić information content (AvgIpc) is 2.48. The second-order valence-electron chi connectivity index (χ2n) is 3.15. The Kier molecular flexibility index (Phi) is 3.79. The van der Waals surface area contributed by atoms with Gasteiger partial charge < -0.3 is 9.47 Å². The van der Waals surface area contributed by atoms with Crippen molar-refractivity contribution in [3.63, 3.8) is 0 Å². The van der Waals surface area contributed by atoms with E-state index in [1.807, 2.05) is 0 Å². The molecule has 0 aliphatic heterocycles. The molecule has 0 aromatic carbocycles. The van der Waals surface area contributed by atoms with E-state index in [0.29, 0.717) is 0 Å². The Hall–Kier alpha value is -1.24. The van der Waals surface area contributed by atoms with Gasteiger partial charge in [-0.15, -0.1) is 24.5 Å². The van der Waals surface area contributed by atoms with Crippen LogP contribution < -0.4 is 4.74 Å². The Labute approximate surface area is 93.8 Å². The van der Waals surface area contributed by atoms with Crippen LogP contribution in [0.5, 0.6) is 5.75 Å². The molecule has 7 heteroatoms. The van der Waals surface area contributed by atoms with E-state index in [2.05, 4.69) is 4.74 Å². The fraction of sp³-hybridized carbons (Fsp3) is 0.444. The molecule has 0 radical (unpaired) electrons. The molecule has 0 aliphatic carbocycles. The number of alkyl halides is 3. The molecule has 0 spiro atoms. The van der Waals surface area contributed by atoms with Crippen LogP contribution in [0.15, 0.2) is 11.4 Å². The van der Waals surface area contributed by atoms with Crippen molar-refractivity contribution >= 4 is 17.3 Å². The van der Waals surface area contributed by atoms with Crippen molar-refractivity contribution in [2.45, 2.75) is 26.3 Å². The molecule has 0 bridgehead atoms. The lowest BCUT2D eigenvalue weighted by Gasteiger charge is -2.06. The maximum atomic E-state index is 11.8. The highest BCUT2D eigenvalue weighted by Gasteiger charge is 2.31. The Balaban J connectivity index is 2.68. The van der Waals surface area contributed by atoms with Crippen molar-refractivity contribution in [3.05, 3.63) is 16.3 Å². The van der Waals surface area contributed by atoms with Gasteiger partial charge >= 0.3 is 12.3 Å². The van der Waals surface area contributed by atoms with E-state index in [0.717, 1.165) is 22.8 Å². The zero-order valence-corrected chi connectivity index (χ0v) is 9.32. The van der Waals surface area contributed by atoms with Crippen molar-refractivity contribution in [3.8, 4) is 5.75 Å². The lowest BCUT2D eigenvalue weighted by molar-refractivity contribution is -0.274. The second kappa shape index (κ2) is 4.73. The summed E-state index contributed by atoms with van der Waals surface area (Å²) in [4.78, 5) is 11.4. The maximum absolute atomic E-state index is 11.8. The molecule has 1 rings (SSSR count). The molecule has 1 heterocycles. The summed E-state index contributed by atoms with van der Waals surface area (Å²) in [6, 6.07) is 1.00. The van der Waals surface area contributed by atoms with Crippen LogP contribution >= 0.6 is 11.3 Å². The van der Waals surface area contributed by atoms with Crippen molar-refractivity contribution in [2.75, 3.05) is 0 Å². The van der Waals surface area contributed by atoms with Gasteiger partial charge in [0.05, 0.1) is 6.10 Å². The first-order valence-corrected chi connectivity index (χ1v) is 5.21. The first-order chi connectivity index (χ1) is 7.28. The number of hydrogen-bond donors (Lipinski definition) is 0. The number of rotatable bonds is 3. The number of esters is 1. The van der Waals surface area contributed by atoms with E-state index < -0.39 is 18.1 Å². The molecule has 1 aromatic heterocycles. The Bertz CT molecular complexity index is 370. The van der Waals surface area contributed by atoms with Crippen LogP contribution in [0.2, 0.25) is 0 Å². The topological polar surface area (TPSA) is 35.5 Å². The molecule has 0 atom stereocenters. The molecule has 0 saturated heterocycles. The van der Waals surface area contributed by atoms with Crippen LogP contribution in [-0.2, 0) is 4.74 Å². The molecule has 0 saturated carbocycles. The summed E-state index contributed by atoms with van der Waals surface area (Å²) >= 11 is 0.841. The number of carbonyl (C=O) groups is 1. The van der Waals surface area contributed by atoms with E-state index in [-0.39, 0.29) is 11.0 Å². The van der Waals surface area contributed by atoms with Gasteiger partial charge in [-0.2, -0.15) is 0 Å². The molecule has 0 aliphatic rings. The third kappa shape index (κ3) is 4.09. The number of thiophene rings is 1. The third-order valence-electron chi connectivity index (χ3n) is 1.35.